The fourth-order valence-electron chi connectivity index (χ4n) is 3.86. The normalized spacial score (nSPS) is 21.9. The highest BCUT2D eigenvalue weighted by atomic mass is 16.3. The van der Waals surface area contributed by atoms with Gasteiger partial charge in [0.25, 0.3) is 5.56 Å². The third-order valence-corrected chi connectivity index (χ3v) is 4.79. The van der Waals surface area contributed by atoms with E-state index in [1.54, 1.807) is 18.2 Å². The van der Waals surface area contributed by atoms with Gasteiger partial charge in [-0.2, -0.15) is 0 Å². The number of rotatable bonds is 1. The Kier molecular flexibility index (Phi) is 3.00. The number of nitrogens with one attached hydrogen (secondary N) is 3. The molecular formula is C18H19N3O3. The predicted octanol–water partition coefficient (Wildman–Crippen LogP) is 2.61. The van der Waals surface area contributed by atoms with Crippen LogP contribution in [0.3, 0.4) is 0 Å². The van der Waals surface area contributed by atoms with Crippen molar-refractivity contribution in [2.24, 2.45) is 5.41 Å². The second-order valence-electron chi connectivity index (χ2n) is 7.35. The first-order valence-corrected chi connectivity index (χ1v) is 7.98. The highest BCUT2D eigenvalue weighted by Crippen LogP contribution is 2.47. The van der Waals surface area contributed by atoms with Gasteiger partial charge in [0.15, 0.2) is 5.78 Å². The molecule has 0 fully saturated rings. The van der Waals surface area contributed by atoms with Crippen molar-refractivity contribution in [2.75, 3.05) is 5.32 Å². The molecule has 4 rings (SSSR count). The predicted molar refractivity (Wildman–Crippen MR) is 90.0 cm³/mol. The van der Waals surface area contributed by atoms with E-state index < -0.39 is 5.92 Å². The summed E-state index contributed by atoms with van der Waals surface area (Å²) in [6.07, 6.45) is 1.18. The molecule has 2 aliphatic rings. The van der Waals surface area contributed by atoms with Crippen molar-refractivity contribution in [3.05, 3.63) is 57.0 Å². The van der Waals surface area contributed by atoms with Gasteiger partial charge in [-0.3, -0.25) is 19.8 Å². The summed E-state index contributed by atoms with van der Waals surface area (Å²) < 4.78 is 0. The molecule has 24 heavy (non-hydrogen) atoms. The number of Topliss-reactive ketones (excluding diaryl/α,β-unsaturated/α-hetero) is 1. The Bertz CT molecular complexity index is 933. The number of carbonyl (C=O) groups excluding carboxylic acids is 1. The molecule has 0 unspecified atom stereocenters. The van der Waals surface area contributed by atoms with Gasteiger partial charge in [-0.15, -0.1) is 0 Å². The fraction of sp³-hybridized carbons (Fsp3) is 0.333. The van der Waals surface area contributed by atoms with Gasteiger partial charge in [-0.25, -0.2) is 0 Å². The second kappa shape index (κ2) is 4.87. The number of ketones is 1. The number of allylic oxidation sites excluding steroid dienone is 2. The number of carbonyl (C=O) groups is 1. The first-order chi connectivity index (χ1) is 11.4. The standard InChI is InChI=1S/C18H19N3O3/c1-18(2)7-11-14(12(23)8-18)13(9-4-3-5-10(22)6-9)15-16(19-11)20-21-17(15)24/h3-6,13,22H,7-8H2,1-2H3,(H3,19,20,21,24)/t13-/m0/s1. The zero-order valence-electron chi connectivity index (χ0n) is 13.6. The van der Waals surface area contributed by atoms with E-state index in [4.69, 9.17) is 0 Å². The van der Waals surface area contributed by atoms with Crippen LogP contribution in [0.1, 0.15) is 43.7 Å². The van der Waals surface area contributed by atoms with E-state index in [2.05, 4.69) is 29.4 Å². The number of aromatic hydroxyl groups is 1. The topological polar surface area (TPSA) is 98.0 Å². The van der Waals surface area contributed by atoms with Crippen molar-refractivity contribution >= 4 is 11.6 Å². The summed E-state index contributed by atoms with van der Waals surface area (Å²) in [5.74, 6) is 0.290. The van der Waals surface area contributed by atoms with Crippen LogP contribution in [-0.4, -0.2) is 21.1 Å². The molecule has 2 aromatic rings. The highest BCUT2D eigenvalue weighted by molar-refractivity contribution is 6.01. The summed E-state index contributed by atoms with van der Waals surface area (Å²) in [6, 6.07) is 6.76. The summed E-state index contributed by atoms with van der Waals surface area (Å²) in [7, 11) is 0. The Labute approximate surface area is 138 Å². The Morgan fingerprint density at radius 2 is 1.96 bits per heavy atom. The van der Waals surface area contributed by atoms with Crippen molar-refractivity contribution in [1.29, 1.82) is 0 Å². The molecule has 0 radical (unpaired) electrons. The average molecular weight is 325 g/mol. The molecule has 0 spiro atoms. The van der Waals surface area contributed by atoms with Crippen molar-refractivity contribution < 1.29 is 9.90 Å². The molecular weight excluding hydrogens is 306 g/mol. The summed E-state index contributed by atoms with van der Waals surface area (Å²) >= 11 is 0. The van der Waals surface area contributed by atoms with Gasteiger partial charge in [0.2, 0.25) is 0 Å². The van der Waals surface area contributed by atoms with Crippen LogP contribution in [0.15, 0.2) is 40.3 Å². The Hall–Kier alpha value is -2.76. The zero-order chi connectivity index (χ0) is 17.1. The van der Waals surface area contributed by atoms with Gasteiger partial charge in [-0.05, 0) is 29.5 Å². The molecule has 1 aliphatic carbocycles. The van der Waals surface area contributed by atoms with E-state index >= 15 is 0 Å². The van der Waals surface area contributed by atoms with Gasteiger partial charge in [-0.1, -0.05) is 26.0 Å². The van der Waals surface area contributed by atoms with E-state index in [0.29, 0.717) is 23.4 Å². The fourth-order valence-corrected chi connectivity index (χ4v) is 3.86. The molecule has 0 amide bonds. The monoisotopic (exact) mass is 325 g/mol. The van der Waals surface area contributed by atoms with Crippen molar-refractivity contribution in [1.82, 2.24) is 10.2 Å². The Balaban J connectivity index is 1.96. The molecule has 0 saturated heterocycles. The minimum absolute atomic E-state index is 0.0494. The van der Waals surface area contributed by atoms with Crippen molar-refractivity contribution in [3.8, 4) is 5.75 Å². The highest BCUT2D eigenvalue weighted by Gasteiger charge is 2.42. The number of fused-ring (bicyclic) bond motifs is 1. The quantitative estimate of drug-likeness (QED) is 0.648. The van der Waals surface area contributed by atoms with Crippen LogP contribution in [0.4, 0.5) is 5.82 Å². The molecule has 1 atom stereocenters. The zero-order valence-corrected chi connectivity index (χ0v) is 13.6. The number of hydrogen-bond acceptors (Lipinski definition) is 4. The average Bonchev–Trinajstić information content (AvgIpc) is 2.85. The summed E-state index contributed by atoms with van der Waals surface area (Å²) in [5, 5.41) is 18.5. The molecule has 1 aromatic carbocycles. The number of benzene rings is 1. The van der Waals surface area contributed by atoms with Gasteiger partial charge >= 0.3 is 0 Å². The lowest BCUT2D eigenvalue weighted by Crippen LogP contribution is -2.34. The molecule has 6 heteroatoms. The Morgan fingerprint density at radius 3 is 2.71 bits per heavy atom. The van der Waals surface area contributed by atoms with Gasteiger partial charge in [0, 0.05) is 23.6 Å². The third kappa shape index (κ3) is 2.18. The van der Waals surface area contributed by atoms with Crippen molar-refractivity contribution in [3.63, 3.8) is 0 Å². The van der Waals surface area contributed by atoms with Gasteiger partial charge in [0.1, 0.15) is 11.6 Å². The molecule has 4 N–H and O–H groups in total. The maximum Gasteiger partial charge on any atom is 0.270 e. The minimum atomic E-state index is -0.470. The summed E-state index contributed by atoms with van der Waals surface area (Å²) in [4.78, 5) is 25.2. The lowest BCUT2D eigenvalue weighted by atomic mass is 9.69. The second-order valence-corrected chi connectivity index (χ2v) is 7.35. The van der Waals surface area contributed by atoms with E-state index in [-0.39, 0.29) is 22.5 Å². The van der Waals surface area contributed by atoms with E-state index in [1.165, 1.54) is 0 Å². The molecule has 1 aromatic heterocycles. The van der Waals surface area contributed by atoms with Crippen LogP contribution in [0.25, 0.3) is 0 Å². The first kappa shape index (κ1) is 14.8. The number of aromatic nitrogens is 2. The molecule has 6 nitrogen and oxygen atoms in total. The van der Waals surface area contributed by atoms with E-state index in [0.717, 1.165) is 17.7 Å². The first-order valence-electron chi connectivity index (χ1n) is 7.98. The number of anilines is 1. The van der Waals surface area contributed by atoms with Crippen LogP contribution in [-0.2, 0) is 4.79 Å². The number of aromatic amines is 2. The Morgan fingerprint density at radius 1 is 1.17 bits per heavy atom. The van der Waals surface area contributed by atoms with Crippen molar-refractivity contribution in [2.45, 2.75) is 32.6 Å². The third-order valence-electron chi connectivity index (χ3n) is 4.79. The molecule has 0 bridgehead atoms. The maximum absolute atomic E-state index is 12.9. The largest absolute Gasteiger partial charge is 0.508 e. The number of phenolic OH excluding ortho intramolecular Hbond substituents is 1. The molecule has 0 saturated carbocycles. The lowest BCUT2D eigenvalue weighted by molar-refractivity contribution is -0.118. The van der Waals surface area contributed by atoms with Crippen LogP contribution in [0, 0.1) is 5.41 Å². The van der Waals surface area contributed by atoms with Crippen LogP contribution < -0.4 is 10.9 Å². The van der Waals surface area contributed by atoms with Crippen LogP contribution >= 0.6 is 0 Å². The van der Waals surface area contributed by atoms with Gasteiger partial charge < -0.3 is 10.4 Å². The summed E-state index contributed by atoms with van der Waals surface area (Å²) in [5.41, 5.74) is 2.34. The maximum atomic E-state index is 12.9. The number of phenols is 1. The van der Waals surface area contributed by atoms with Crippen LogP contribution in [0.2, 0.25) is 0 Å². The SMILES string of the molecule is CC1(C)CC(=O)C2=C(C1)Nc1[nH][nH]c(=O)c1[C@H]2c1cccc(O)c1. The van der Waals surface area contributed by atoms with E-state index in [9.17, 15) is 14.7 Å². The number of H-pyrrole nitrogens is 2. The van der Waals surface area contributed by atoms with Gasteiger partial charge in [0.05, 0.1) is 5.56 Å². The molecule has 124 valence electrons. The summed E-state index contributed by atoms with van der Waals surface area (Å²) in [6.45, 7) is 4.13. The minimum Gasteiger partial charge on any atom is -0.508 e. The smallest absolute Gasteiger partial charge is 0.270 e. The van der Waals surface area contributed by atoms with Crippen LogP contribution in [0.5, 0.6) is 5.75 Å². The molecule has 2 heterocycles. The van der Waals surface area contributed by atoms with E-state index in [1.807, 2.05) is 6.07 Å². The molecule has 1 aliphatic heterocycles. The lowest BCUT2D eigenvalue weighted by Gasteiger charge is -2.37. The number of hydrogen-bond donors (Lipinski definition) is 4.